The molecule has 6 heteroatoms. The van der Waals surface area contributed by atoms with Gasteiger partial charge in [-0.2, -0.15) is 0 Å². The van der Waals surface area contributed by atoms with Crippen molar-refractivity contribution in [3.05, 3.63) is 101 Å². The second-order valence-corrected chi connectivity index (χ2v) is 8.04. The number of carbonyl (C=O) groups is 1. The van der Waals surface area contributed by atoms with Crippen LogP contribution in [-0.2, 0) is 4.79 Å². The minimum absolute atomic E-state index is 0.0699. The third kappa shape index (κ3) is 3.07. The summed E-state index contributed by atoms with van der Waals surface area (Å²) in [6.07, 6.45) is 3.21. The standard InChI is InChI=1S/C27H17NO5/c29-21-13-22-24(27-25(21)26(31)19(14-32-27)15-5-2-1-3-6-15)18(12-23(30)33-22)16-8-9-20-17(11-16)7-4-10-28-20/h1-11,13-14,18,29H,12H2/t18-/m1/s1. The van der Waals surface area contributed by atoms with Gasteiger partial charge in [0.2, 0.25) is 5.43 Å². The van der Waals surface area contributed by atoms with Crippen LogP contribution in [0.2, 0.25) is 0 Å². The Morgan fingerprint density at radius 3 is 2.67 bits per heavy atom. The van der Waals surface area contributed by atoms with Gasteiger partial charge < -0.3 is 14.3 Å². The molecule has 3 heterocycles. The lowest BCUT2D eigenvalue weighted by Crippen LogP contribution is -2.22. The minimum Gasteiger partial charge on any atom is -0.507 e. The fraction of sp³-hybridized carbons (Fsp3) is 0.0741. The first-order chi connectivity index (χ1) is 16.1. The zero-order valence-corrected chi connectivity index (χ0v) is 17.3. The molecule has 0 radical (unpaired) electrons. The topological polar surface area (TPSA) is 89.6 Å². The second-order valence-electron chi connectivity index (χ2n) is 8.04. The van der Waals surface area contributed by atoms with Gasteiger partial charge in [0, 0.05) is 29.1 Å². The SMILES string of the molecule is O=C1C[C@H](c2ccc3ncccc3c2)c2c(cc(O)c3c(=O)c(-c4ccccc4)coc23)O1. The van der Waals surface area contributed by atoms with E-state index in [-0.39, 0.29) is 34.3 Å². The average Bonchev–Trinajstić information content (AvgIpc) is 2.83. The molecule has 0 saturated heterocycles. The summed E-state index contributed by atoms with van der Waals surface area (Å²) < 4.78 is 11.4. The minimum atomic E-state index is -0.416. The Kier molecular flexibility index (Phi) is 4.26. The van der Waals surface area contributed by atoms with Crippen molar-refractivity contribution < 1.29 is 19.1 Å². The molecule has 33 heavy (non-hydrogen) atoms. The molecule has 2 aromatic heterocycles. The summed E-state index contributed by atoms with van der Waals surface area (Å²) in [6, 6.07) is 20.1. The van der Waals surface area contributed by atoms with Crippen LogP contribution in [0.15, 0.2) is 88.4 Å². The van der Waals surface area contributed by atoms with Crippen LogP contribution in [0.1, 0.15) is 23.5 Å². The van der Waals surface area contributed by atoms with Crippen molar-refractivity contribution in [3.63, 3.8) is 0 Å². The van der Waals surface area contributed by atoms with E-state index in [4.69, 9.17) is 9.15 Å². The van der Waals surface area contributed by atoms with Crippen LogP contribution in [0.4, 0.5) is 0 Å². The fourth-order valence-corrected chi connectivity index (χ4v) is 4.54. The third-order valence-corrected chi connectivity index (χ3v) is 6.08. The molecule has 0 fully saturated rings. The van der Waals surface area contributed by atoms with E-state index in [9.17, 15) is 14.7 Å². The third-order valence-electron chi connectivity index (χ3n) is 6.08. The molecule has 3 aromatic carbocycles. The predicted octanol–water partition coefficient (Wildman–Crippen LogP) is 5.15. The second kappa shape index (κ2) is 7.31. The summed E-state index contributed by atoms with van der Waals surface area (Å²) in [6.45, 7) is 0. The van der Waals surface area contributed by atoms with Crippen LogP contribution in [0, 0.1) is 0 Å². The van der Waals surface area contributed by atoms with Crippen molar-refractivity contribution in [1.82, 2.24) is 4.98 Å². The molecule has 6 nitrogen and oxygen atoms in total. The van der Waals surface area contributed by atoms with Crippen molar-refractivity contribution >= 4 is 27.8 Å². The Bertz CT molecular complexity index is 1620. The maximum atomic E-state index is 13.4. The summed E-state index contributed by atoms with van der Waals surface area (Å²) in [5, 5.41) is 11.7. The number of hydrogen-bond donors (Lipinski definition) is 1. The molecule has 5 aromatic rings. The van der Waals surface area contributed by atoms with Crippen LogP contribution in [0.25, 0.3) is 33.0 Å². The molecule has 0 unspecified atom stereocenters. The highest BCUT2D eigenvalue weighted by atomic mass is 16.5. The molecule has 0 saturated carbocycles. The molecule has 1 aliphatic heterocycles. The monoisotopic (exact) mass is 435 g/mol. The van der Waals surface area contributed by atoms with E-state index in [1.807, 2.05) is 48.5 Å². The number of benzene rings is 3. The lowest BCUT2D eigenvalue weighted by Gasteiger charge is -2.26. The molecule has 0 spiro atoms. The van der Waals surface area contributed by atoms with Gasteiger partial charge in [-0.3, -0.25) is 14.6 Å². The number of nitrogens with zero attached hydrogens (tertiary/aromatic N) is 1. The van der Waals surface area contributed by atoms with Gasteiger partial charge in [-0.25, -0.2) is 0 Å². The number of esters is 1. The largest absolute Gasteiger partial charge is 0.507 e. The Hall–Kier alpha value is -4.45. The molecule has 0 bridgehead atoms. The van der Waals surface area contributed by atoms with Crippen LogP contribution in [-0.4, -0.2) is 16.1 Å². The van der Waals surface area contributed by atoms with Crippen LogP contribution in [0.3, 0.4) is 0 Å². The normalized spacial score (nSPS) is 15.4. The summed E-state index contributed by atoms with van der Waals surface area (Å²) >= 11 is 0. The van der Waals surface area contributed by atoms with E-state index in [0.29, 0.717) is 16.7 Å². The van der Waals surface area contributed by atoms with E-state index in [2.05, 4.69) is 4.98 Å². The van der Waals surface area contributed by atoms with Gasteiger partial charge in [0.05, 0.1) is 17.5 Å². The van der Waals surface area contributed by atoms with Gasteiger partial charge >= 0.3 is 5.97 Å². The number of pyridine rings is 1. The fourth-order valence-electron chi connectivity index (χ4n) is 4.54. The van der Waals surface area contributed by atoms with E-state index < -0.39 is 11.9 Å². The van der Waals surface area contributed by atoms with E-state index >= 15 is 0 Å². The van der Waals surface area contributed by atoms with Crippen molar-refractivity contribution in [3.8, 4) is 22.6 Å². The van der Waals surface area contributed by atoms with Crippen LogP contribution >= 0.6 is 0 Å². The van der Waals surface area contributed by atoms with E-state index in [1.54, 1.807) is 18.3 Å². The van der Waals surface area contributed by atoms with Crippen molar-refractivity contribution in [2.75, 3.05) is 0 Å². The quantitative estimate of drug-likeness (QED) is 0.305. The molecule has 0 amide bonds. The number of rotatable bonds is 2. The van der Waals surface area contributed by atoms with Gasteiger partial charge in [0.15, 0.2) is 0 Å². The number of carbonyl (C=O) groups excluding carboxylic acids is 1. The number of aromatic hydroxyl groups is 1. The summed E-state index contributed by atoms with van der Waals surface area (Å²) in [5.41, 5.74) is 3.20. The number of aromatic nitrogens is 1. The summed E-state index contributed by atoms with van der Waals surface area (Å²) in [4.78, 5) is 30.2. The molecule has 1 aliphatic rings. The van der Waals surface area contributed by atoms with Crippen LogP contribution < -0.4 is 10.2 Å². The Labute approximate surface area is 187 Å². The molecule has 160 valence electrons. The van der Waals surface area contributed by atoms with Gasteiger partial charge in [-0.1, -0.05) is 42.5 Å². The molecular weight excluding hydrogens is 418 g/mol. The first-order valence-corrected chi connectivity index (χ1v) is 10.5. The lowest BCUT2D eigenvalue weighted by molar-refractivity contribution is -0.135. The van der Waals surface area contributed by atoms with Crippen LogP contribution in [0.5, 0.6) is 11.5 Å². The first kappa shape index (κ1) is 19.3. The number of phenols is 1. The highest BCUT2D eigenvalue weighted by Crippen LogP contribution is 2.45. The van der Waals surface area contributed by atoms with Gasteiger partial charge in [0.25, 0.3) is 0 Å². The van der Waals surface area contributed by atoms with Crippen molar-refractivity contribution in [2.24, 2.45) is 0 Å². The zero-order chi connectivity index (χ0) is 22.5. The maximum absolute atomic E-state index is 13.4. The Morgan fingerprint density at radius 2 is 1.82 bits per heavy atom. The average molecular weight is 435 g/mol. The Balaban J connectivity index is 1.61. The van der Waals surface area contributed by atoms with E-state index in [1.165, 1.54) is 12.3 Å². The van der Waals surface area contributed by atoms with Crippen molar-refractivity contribution in [1.29, 1.82) is 0 Å². The smallest absolute Gasteiger partial charge is 0.312 e. The first-order valence-electron chi connectivity index (χ1n) is 10.5. The molecular formula is C27H17NO5. The van der Waals surface area contributed by atoms with Gasteiger partial charge in [-0.05, 0) is 29.3 Å². The van der Waals surface area contributed by atoms with Crippen molar-refractivity contribution in [2.45, 2.75) is 12.3 Å². The molecule has 1 N–H and O–H groups in total. The van der Waals surface area contributed by atoms with Gasteiger partial charge in [-0.15, -0.1) is 0 Å². The highest BCUT2D eigenvalue weighted by Gasteiger charge is 2.33. The van der Waals surface area contributed by atoms with Gasteiger partial charge in [0.1, 0.15) is 28.7 Å². The molecule has 6 rings (SSSR count). The molecule has 0 aliphatic carbocycles. The summed E-state index contributed by atoms with van der Waals surface area (Å²) in [7, 11) is 0. The number of ether oxygens (including phenoxy) is 1. The Morgan fingerprint density at radius 1 is 0.970 bits per heavy atom. The van der Waals surface area contributed by atoms with E-state index in [0.717, 1.165) is 16.5 Å². The maximum Gasteiger partial charge on any atom is 0.312 e. The highest BCUT2D eigenvalue weighted by molar-refractivity contribution is 5.94. The summed E-state index contributed by atoms with van der Waals surface area (Å²) in [5.74, 6) is -0.907. The lowest BCUT2D eigenvalue weighted by atomic mass is 9.84. The zero-order valence-electron chi connectivity index (χ0n) is 17.3. The molecule has 1 atom stereocenters. The number of hydrogen-bond acceptors (Lipinski definition) is 6. The predicted molar refractivity (Wildman–Crippen MR) is 123 cm³/mol. The number of phenolic OH excluding ortho intramolecular Hbond substituents is 1. The number of fused-ring (bicyclic) bond motifs is 4.